The number of nitrogens with one attached hydrogen (secondary N) is 1. The molecule has 2 aromatic carbocycles. The molecule has 1 spiro atoms. The average Bonchev–Trinajstić information content (AvgIpc) is 3.17. The predicted octanol–water partition coefficient (Wildman–Crippen LogP) is 5.43. The molecule has 40 heavy (non-hydrogen) atoms. The highest BCUT2D eigenvalue weighted by Crippen LogP contribution is 2.50. The number of rotatable bonds is 7. The summed E-state index contributed by atoms with van der Waals surface area (Å²) in [6.45, 7) is 0.664. The summed E-state index contributed by atoms with van der Waals surface area (Å²) in [6, 6.07) is 12.7. The molecule has 3 fully saturated rings. The maximum absolute atomic E-state index is 14.4. The predicted molar refractivity (Wildman–Crippen MR) is 147 cm³/mol. The summed E-state index contributed by atoms with van der Waals surface area (Å²) in [5.74, 6) is 0.348. The number of halogens is 3. The molecule has 0 atom stereocenters. The topological polar surface area (TPSA) is 73.0 Å². The number of hydrogen-bond acceptors (Lipinski definition) is 4. The number of sulfonamides is 1. The van der Waals surface area contributed by atoms with Crippen molar-refractivity contribution in [3.8, 4) is 0 Å². The van der Waals surface area contributed by atoms with Gasteiger partial charge in [-0.05, 0) is 75.3 Å². The molecule has 218 valence electrons. The van der Waals surface area contributed by atoms with E-state index in [1.54, 1.807) is 0 Å². The number of hydrogen-bond donors (Lipinski definition) is 1. The van der Waals surface area contributed by atoms with E-state index in [9.17, 15) is 26.4 Å². The summed E-state index contributed by atoms with van der Waals surface area (Å²) in [5, 5.41) is 3.50. The molecule has 2 amide bonds. The third kappa shape index (κ3) is 4.90. The van der Waals surface area contributed by atoms with Gasteiger partial charge in [0.15, 0.2) is 0 Å². The van der Waals surface area contributed by atoms with E-state index in [4.69, 9.17) is 0 Å². The van der Waals surface area contributed by atoms with Crippen LogP contribution in [0.1, 0.15) is 56.1 Å². The van der Waals surface area contributed by atoms with Gasteiger partial charge in [0, 0.05) is 26.2 Å². The van der Waals surface area contributed by atoms with Gasteiger partial charge in [0.25, 0.3) is 0 Å². The Labute approximate surface area is 234 Å². The van der Waals surface area contributed by atoms with Crippen LogP contribution in [-0.4, -0.2) is 63.4 Å². The number of nitrogens with zero attached hydrogens (tertiary/aromatic N) is 3. The summed E-state index contributed by atoms with van der Waals surface area (Å²) in [5.41, 5.74) is -1.12. The van der Waals surface area contributed by atoms with E-state index in [0.717, 1.165) is 54.1 Å². The number of amides is 2. The van der Waals surface area contributed by atoms with Crippen molar-refractivity contribution in [2.45, 2.75) is 67.1 Å². The van der Waals surface area contributed by atoms with Crippen molar-refractivity contribution in [3.63, 3.8) is 0 Å². The Morgan fingerprint density at radius 2 is 1.68 bits per heavy atom. The van der Waals surface area contributed by atoms with Crippen molar-refractivity contribution < 1.29 is 26.4 Å². The van der Waals surface area contributed by atoms with Crippen molar-refractivity contribution >= 4 is 21.7 Å². The number of anilines is 1. The SMILES string of the molecule is CN[C@]1(c2ccccc2)CC[C@@]2(CC1)CN(c1ccc(S(=O)(=O)N(C)C)cc1C(F)(F)F)C(=O)N2CC1CCC1. The third-order valence-electron chi connectivity index (χ3n) is 9.33. The van der Waals surface area contributed by atoms with Crippen LogP contribution in [0.15, 0.2) is 53.4 Å². The molecule has 0 radical (unpaired) electrons. The monoisotopic (exact) mass is 578 g/mol. The summed E-state index contributed by atoms with van der Waals surface area (Å²) >= 11 is 0. The van der Waals surface area contributed by atoms with Crippen LogP contribution in [0.4, 0.5) is 23.7 Å². The first-order valence-electron chi connectivity index (χ1n) is 13.8. The second-order valence-corrected chi connectivity index (χ2v) is 13.8. The fourth-order valence-corrected chi connectivity index (χ4v) is 7.48. The highest BCUT2D eigenvalue weighted by molar-refractivity contribution is 7.89. The maximum Gasteiger partial charge on any atom is 0.418 e. The zero-order chi connectivity index (χ0) is 28.9. The molecule has 0 aromatic heterocycles. The van der Waals surface area contributed by atoms with Crippen molar-refractivity contribution in [2.24, 2.45) is 5.92 Å². The quantitative estimate of drug-likeness (QED) is 0.476. The molecule has 1 heterocycles. The van der Waals surface area contributed by atoms with Gasteiger partial charge < -0.3 is 10.2 Å². The Kier molecular flexibility index (Phi) is 7.46. The van der Waals surface area contributed by atoms with Gasteiger partial charge >= 0.3 is 12.2 Å². The Bertz CT molecular complexity index is 1350. The lowest BCUT2D eigenvalue weighted by molar-refractivity contribution is -0.137. The Morgan fingerprint density at radius 1 is 1.02 bits per heavy atom. The van der Waals surface area contributed by atoms with Gasteiger partial charge in [0.1, 0.15) is 0 Å². The number of carbonyl (C=O) groups is 1. The number of carbonyl (C=O) groups excluding carboxylic acids is 1. The van der Waals surface area contributed by atoms with Gasteiger partial charge in [0.05, 0.1) is 28.2 Å². The zero-order valence-electron chi connectivity index (χ0n) is 23.2. The fourth-order valence-electron chi connectivity index (χ4n) is 6.55. The summed E-state index contributed by atoms with van der Waals surface area (Å²) in [7, 11) is 0.380. The molecule has 2 saturated carbocycles. The Hall–Kier alpha value is -2.63. The van der Waals surface area contributed by atoms with Crippen LogP contribution in [0.5, 0.6) is 0 Å². The van der Waals surface area contributed by atoms with Gasteiger partial charge in [-0.25, -0.2) is 17.5 Å². The van der Waals surface area contributed by atoms with Gasteiger partial charge in [0.2, 0.25) is 10.0 Å². The van der Waals surface area contributed by atoms with Crippen molar-refractivity contribution in [1.29, 1.82) is 0 Å². The Morgan fingerprint density at radius 3 is 2.20 bits per heavy atom. The van der Waals surface area contributed by atoms with Crippen LogP contribution in [0.25, 0.3) is 0 Å². The molecular formula is C29H37F3N4O3S. The molecule has 1 saturated heterocycles. The number of alkyl halides is 3. The zero-order valence-corrected chi connectivity index (χ0v) is 24.0. The van der Waals surface area contributed by atoms with Crippen molar-refractivity contribution in [2.75, 3.05) is 39.1 Å². The van der Waals surface area contributed by atoms with Gasteiger partial charge in [-0.15, -0.1) is 0 Å². The molecular weight excluding hydrogens is 541 g/mol. The lowest BCUT2D eigenvalue weighted by Gasteiger charge is -2.49. The third-order valence-corrected chi connectivity index (χ3v) is 11.1. The van der Waals surface area contributed by atoms with E-state index in [1.165, 1.54) is 19.0 Å². The second kappa shape index (κ2) is 10.3. The smallest absolute Gasteiger partial charge is 0.317 e. The molecule has 1 N–H and O–H groups in total. The molecule has 2 aromatic rings. The largest absolute Gasteiger partial charge is 0.418 e. The average molecular weight is 579 g/mol. The molecule has 0 bridgehead atoms. The minimum atomic E-state index is -4.84. The van der Waals surface area contributed by atoms with Crippen LogP contribution in [-0.2, 0) is 21.7 Å². The van der Waals surface area contributed by atoms with Gasteiger partial charge in [-0.1, -0.05) is 36.8 Å². The van der Waals surface area contributed by atoms with Gasteiger partial charge in [-0.3, -0.25) is 4.90 Å². The molecule has 1 aliphatic heterocycles. The van der Waals surface area contributed by atoms with E-state index in [0.29, 0.717) is 31.4 Å². The summed E-state index contributed by atoms with van der Waals surface area (Å²) in [6.07, 6.45) is 1.04. The standard InChI is InChI=1S/C29H37F3N4O3S/c1-33-28(22-10-5-4-6-11-22)16-14-27(15-17-28)20-35(26(37)36(27)19-21-8-7-9-21)25-13-12-23(40(38,39)34(2)3)18-24(25)29(30,31)32/h4-6,10-13,18,21,33H,7-9,14-17,19-20H2,1-3H3/t27-,28-. The van der Waals surface area contributed by atoms with Gasteiger partial charge in [-0.2, -0.15) is 13.2 Å². The summed E-state index contributed by atoms with van der Waals surface area (Å²) < 4.78 is 69.3. The van der Waals surface area contributed by atoms with Crippen LogP contribution < -0.4 is 10.2 Å². The number of benzene rings is 2. The molecule has 0 unspecified atom stereocenters. The molecule has 2 aliphatic carbocycles. The maximum atomic E-state index is 14.4. The van der Waals surface area contributed by atoms with E-state index >= 15 is 0 Å². The summed E-state index contributed by atoms with van der Waals surface area (Å²) in [4.78, 5) is 16.6. The molecule has 3 aliphatic rings. The van der Waals surface area contributed by atoms with Crippen LogP contribution in [0, 0.1) is 5.92 Å². The number of urea groups is 1. The fraction of sp³-hybridized carbons (Fsp3) is 0.552. The van der Waals surface area contributed by atoms with Crippen molar-refractivity contribution in [1.82, 2.24) is 14.5 Å². The van der Waals surface area contributed by atoms with Crippen molar-refractivity contribution in [3.05, 3.63) is 59.7 Å². The van der Waals surface area contributed by atoms with Crippen LogP contribution in [0.2, 0.25) is 0 Å². The first-order valence-corrected chi connectivity index (χ1v) is 15.2. The molecule has 7 nitrogen and oxygen atoms in total. The van der Waals surface area contributed by atoms with E-state index in [-0.39, 0.29) is 17.8 Å². The normalized spacial score (nSPS) is 26.1. The highest BCUT2D eigenvalue weighted by atomic mass is 32.2. The van der Waals surface area contributed by atoms with Crippen LogP contribution >= 0.6 is 0 Å². The Balaban J connectivity index is 1.52. The first-order chi connectivity index (χ1) is 18.8. The van der Waals surface area contributed by atoms with E-state index in [1.807, 2.05) is 30.1 Å². The lowest BCUT2D eigenvalue weighted by atomic mass is 9.68. The lowest BCUT2D eigenvalue weighted by Crippen LogP contribution is -2.56. The molecule has 5 rings (SSSR count). The second-order valence-electron chi connectivity index (χ2n) is 11.7. The van der Waals surface area contributed by atoms with Crippen LogP contribution in [0.3, 0.4) is 0 Å². The first kappa shape index (κ1) is 28.9. The minimum absolute atomic E-state index is 0.135. The van der Waals surface area contributed by atoms with E-state index in [2.05, 4.69) is 17.4 Å². The van der Waals surface area contributed by atoms with E-state index < -0.39 is 38.2 Å². The highest BCUT2D eigenvalue weighted by Gasteiger charge is 2.55. The molecule has 11 heteroatoms. The minimum Gasteiger partial charge on any atom is -0.317 e.